The minimum absolute atomic E-state index is 0.0785. The van der Waals surface area contributed by atoms with E-state index in [0.29, 0.717) is 16.6 Å². The molecule has 0 aliphatic heterocycles. The molecule has 24 heavy (non-hydrogen) atoms. The van der Waals surface area contributed by atoms with Crippen LogP contribution in [0.2, 0.25) is 0 Å². The van der Waals surface area contributed by atoms with E-state index in [2.05, 4.69) is 20.4 Å². The van der Waals surface area contributed by atoms with Crippen molar-refractivity contribution in [3.05, 3.63) is 46.8 Å². The zero-order chi connectivity index (χ0) is 17.1. The molecule has 0 atom stereocenters. The van der Waals surface area contributed by atoms with Crippen LogP contribution in [0.5, 0.6) is 0 Å². The lowest BCUT2D eigenvalue weighted by Gasteiger charge is -2.09. The fourth-order valence-electron chi connectivity index (χ4n) is 2.19. The van der Waals surface area contributed by atoms with Crippen molar-refractivity contribution >= 4 is 23.3 Å². The van der Waals surface area contributed by atoms with Gasteiger partial charge in [0.25, 0.3) is 5.56 Å². The summed E-state index contributed by atoms with van der Waals surface area (Å²) < 4.78 is 1.50. The molecule has 7 nitrogen and oxygen atoms in total. The van der Waals surface area contributed by atoms with Gasteiger partial charge in [0.15, 0.2) is 16.6 Å². The average Bonchev–Trinajstić information content (AvgIpc) is 2.93. The lowest BCUT2D eigenvalue weighted by molar-refractivity contribution is -0.119. The normalized spacial score (nSPS) is 11.1. The molecule has 0 spiro atoms. The summed E-state index contributed by atoms with van der Waals surface area (Å²) in [5.41, 5.74) is 1.06. The molecule has 0 saturated heterocycles. The smallest absolute Gasteiger partial charge is 0.266 e. The average molecular weight is 343 g/mol. The number of H-pyrrole nitrogens is 1. The van der Waals surface area contributed by atoms with Gasteiger partial charge in [0, 0.05) is 17.7 Å². The van der Waals surface area contributed by atoms with E-state index in [4.69, 9.17) is 0 Å². The van der Waals surface area contributed by atoms with E-state index in [1.54, 1.807) is 0 Å². The van der Waals surface area contributed by atoms with E-state index in [0.717, 1.165) is 5.56 Å². The Bertz CT molecular complexity index is 917. The molecular weight excluding hydrogens is 326 g/mol. The molecule has 3 rings (SSSR count). The number of nitrogens with zero attached hydrogens (tertiary/aromatic N) is 3. The Hall–Kier alpha value is -2.61. The first-order valence-electron chi connectivity index (χ1n) is 7.50. The first-order valence-corrected chi connectivity index (χ1v) is 8.49. The van der Waals surface area contributed by atoms with Crippen LogP contribution in [-0.2, 0) is 4.79 Å². The Morgan fingerprint density at radius 3 is 2.75 bits per heavy atom. The lowest BCUT2D eigenvalue weighted by atomic mass is 10.2. The van der Waals surface area contributed by atoms with Crippen LogP contribution in [0.25, 0.3) is 17.0 Å². The number of carbonyl (C=O) groups excluding carboxylic acids is 1. The van der Waals surface area contributed by atoms with E-state index in [-0.39, 0.29) is 23.3 Å². The highest BCUT2D eigenvalue weighted by molar-refractivity contribution is 7.99. The van der Waals surface area contributed by atoms with E-state index in [1.807, 2.05) is 44.2 Å². The van der Waals surface area contributed by atoms with Crippen molar-refractivity contribution in [2.45, 2.75) is 25.0 Å². The predicted octanol–water partition coefficient (Wildman–Crippen LogP) is 1.70. The topological polar surface area (TPSA) is 92.2 Å². The number of amides is 1. The number of benzene rings is 1. The summed E-state index contributed by atoms with van der Waals surface area (Å²) in [7, 11) is 0. The number of hydrogen-bond donors (Lipinski definition) is 2. The molecule has 1 amide bonds. The van der Waals surface area contributed by atoms with Gasteiger partial charge in [0.1, 0.15) is 0 Å². The Labute approximate surface area is 142 Å². The molecule has 0 saturated carbocycles. The van der Waals surface area contributed by atoms with E-state index in [1.165, 1.54) is 22.3 Å². The molecule has 8 heteroatoms. The van der Waals surface area contributed by atoms with Gasteiger partial charge in [-0.15, -0.1) is 0 Å². The third-order valence-corrected chi connectivity index (χ3v) is 4.08. The minimum Gasteiger partial charge on any atom is -0.353 e. The van der Waals surface area contributed by atoms with Gasteiger partial charge in [-0.05, 0) is 13.8 Å². The van der Waals surface area contributed by atoms with Gasteiger partial charge in [-0.2, -0.15) is 0 Å². The van der Waals surface area contributed by atoms with Gasteiger partial charge < -0.3 is 5.32 Å². The highest BCUT2D eigenvalue weighted by Gasteiger charge is 2.13. The maximum absolute atomic E-state index is 11.9. The van der Waals surface area contributed by atoms with Gasteiger partial charge in [-0.25, -0.2) is 14.5 Å². The highest BCUT2D eigenvalue weighted by Crippen LogP contribution is 2.21. The first kappa shape index (κ1) is 16.3. The maximum Gasteiger partial charge on any atom is 0.266 e. The molecule has 124 valence electrons. The van der Waals surface area contributed by atoms with E-state index in [9.17, 15) is 9.59 Å². The van der Waals surface area contributed by atoms with Crippen molar-refractivity contribution in [1.82, 2.24) is 24.9 Å². The van der Waals surface area contributed by atoms with Gasteiger partial charge in [0.2, 0.25) is 5.91 Å². The number of aromatic nitrogens is 4. The van der Waals surface area contributed by atoms with Crippen LogP contribution < -0.4 is 10.9 Å². The predicted molar refractivity (Wildman–Crippen MR) is 93.0 cm³/mol. The second kappa shape index (κ2) is 6.88. The van der Waals surface area contributed by atoms with Crippen molar-refractivity contribution in [1.29, 1.82) is 0 Å². The monoisotopic (exact) mass is 343 g/mol. The number of aromatic amines is 1. The Morgan fingerprint density at radius 2 is 2.04 bits per heavy atom. The summed E-state index contributed by atoms with van der Waals surface area (Å²) in [5, 5.41) is 6.00. The molecule has 2 N–H and O–H groups in total. The molecule has 1 aromatic carbocycles. The van der Waals surface area contributed by atoms with Crippen LogP contribution in [0.1, 0.15) is 13.8 Å². The Kier molecular flexibility index (Phi) is 4.66. The minimum atomic E-state index is -0.261. The maximum atomic E-state index is 11.9. The molecule has 3 aromatic rings. The molecule has 2 heterocycles. The molecule has 0 fully saturated rings. The SMILES string of the molecule is CC(C)NC(=O)CSc1nc(-c2ccccc2)nc2cc(=O)[nH]n12. The summed E-state index contributed by atoms with van der Waals surface area (Å²) in [4.78, 5) is 32.4. The Balaban J connectivity index is 1.96. The zero-order valence-electron chi connectivity index (χ0n) is 13.3. The molecule has 0 aliphatic rings. The summed E-state index contributed by atoms with van der Waals surface area (Å²) in [5.74, 6) is 0.637. The third-order valence-electron chi connectivity index (χ3n) is 3.14. The summed E-state index contributed by atoms with van der Waals surface area (Å²) >= 11 is 1.25. The van der Waals surface area contributed by atoms with Crippen LogP contribution in [-0.4, -0.2) is 37.3 Å². The van der Waals surface area contributed by atoms with Gasteiger partial charge in [-0.3, -0.25) is 14.7 Å². The van der Waals surface area contributed by atoms with Crippen molar-refractivity contribution < 1.29 is 4.79 Å². The lowest BCUT2D eigenvalue weighted by Crippen LogP contribution is -2.31. The number of nitrogens with one attached hydrogen (secondary N) is 2. The molecule has 0 aliphatic carbocycles. The summed E-state index contributed by atoms with van der Waals surface area (Å²) in [6, 6.07) is 11.0. The van der Waals surface area contributed by atoms with Crippen LogP contribution in [0.3, 0.4) is 0 Å². The molecule has 2 aromatic heterocycles. The van der Waals surface area contributed by atoms with Crippen molar-refractivity contribution in [2.75, 3.05) is 5.75 Å². The Morgan fingerprint density at radius 1 is 1.29 bits per heavy atom. The largest absolute Gasteiger partial charge is 0.353 e. The third kappa shape index (κ3) is 3.65. The van der Waals surface area contributed by atoms with Crippen molar-refractivity contribution in [3.63, 3.8) is 0 Å². The fraction of sp³-hybridized carbons (Fsp3) is 0.250. The summed E-state index contributed by atoms with van der Waals surface area (Å²) in [6.07, 6.45) is 0. The number of rotatable bonds is 5. The van der Waals surface area contributed by atoms with Gasteiger partial charge in [0.05, 0.1) is 5.75 Å². The molecule has 0 radical (unpaired) electrons. The van der Waals surface area contributed by atoms with Gasteiger partial charge in [-0.1, -0.05) is 42.1 Å². The number of hydrogen-bond acceptors (Lipinski definition) is 5. The van der Waals surface area contributed by atoms with E-state index < -0.39 is 0 Å². The van der Waals surface area contributed by atoms with Crippen molar-refractivity contribution in [2.24, 2.45) is 0 Å². The number of fused-ring (bicyclic) bond motifs is 1. The summed E-state index contributed by atoms with van der Waals surface area (Å²) in [6.45, 7) is 3.81. The standard InChI is InChI=1S/C16H17N5O2S/c1-10(2)17-14(23)9-24-16-19-15(11-6-4-3-5-7-11)18-12-8-13(22)20-21(12)16/h3-8,10H,9H2,1-2H3,(H,17,23)(H,20,22). The van der Waals surface area contributed by atoms with E-state index >= 15 is 0 Å². The second-order valence-electron chi connectivity index (χ2n) is 5.52. The fourth-order valence-corrected chi connectivity index (χ4v) is 2.95. The van der Waals surface area contributed by atoms with Crippen LogP contribution in [0, 0.1) is 0 Å². The molecule has 0 bridgehead atoms. The highest BCUT2D eigenvalue weighted by atomic mass is 32.2. The van der Waals surface area contributed by atoms with Crippen LogP contribution in [0.4, 0.5) is 0 Å². The second-order valence-corrected chi connectivity index (χ2v) is 6.46. The number of carbonyl (C=O) groups is 1. The quantitative estimate of drug-likeness (QED) is 0.688. The first-order chi connectivity index (χ1) is 11.5. The number of thioether (sulfide) groups is 1. The van der Waals surface area contributed by atoms with Crippen molar-refractivity contribution in [3.8, 4) is 11.4 Å². The molecular formula is C16H17N5O2S. The van der Waals surface area contributed by atoms with Crippen LogP contribution in [0.15, 0.2) is 46.3 Å². The zero-order valence-corrected chi connectivity index (χ0v) is 14.1. The molecule has 0 unspecified atom stereocenters. The van der Waals surface area contributed by atoms with Crippen LogP contribution >= 0.6 is 11.8 Å². The van der Waals surface area contributed by atoms with Gasteiger partial charge >= 0.3 is 0 Å².